The first-order valence-corrected chi connectivity index (χ1v) is 23.3. The first-order chi connectivity index (χ1) is 31.5. The third kappa shape index (κ3) is 12.1. The Morgan fingerprint density at radius 1 is 0.758 bits per heavy atom. The van der Waals surface area contributed by atoms with E-state index in [4.69, 9.17) is 14.5 Å². The van der Waals surface area contributed by atoms with Gasteiger partial charge in [0.15, 0.2) is 0 Å². The standard InChI is InChI=1S/C52H59N7O6S/c1-8-29-58(47(60)44(38-16-11-9-12-17-38)56-49(62)64-51(2,3)4)32-43-53-31-40(54-43)36-25-21-34(22-26-36)35-23-27-37(28-24-35)41-33-66-46(55-41)42-20-15-30-59(42)48(61)45(39-18-13-10-14-19-39)57-50(63)65-52(5,6)7/h9-14,16-19,21-28,31,33,42,44-45H,8,15,20,29-30,32H2,1-7H3,(H,53,54)(H,56,62)(H,57,63)/t42-,44+,45+/m0/s1. The van der Waals surface area contributed by atoms with Gasteiger partial charge in [-0.2, -0.15) is 0 Å². The third-order valence-electron chi connectivity index (χ3n) is 10.9. The average molecular weight is 910 g/mol. The number of nitrogens with zero attached hydrogens (tertiary/aromatic N) is 4. The topological polar surface area (TPSA) is 159 Å². The van der Waals surface area contributed by atoms with Crippen LogP contribution in [0.4, 0.5) is 9.59 Å². The lowest BCUT2D eigenvalue weighted by atomic mass is 10.0. The number of hydrogen-bond donors (Lipinski definition) is 3. The van der Waals surface area contributed by atoms with Gasteiger partial charge >= 0.3 is 12.2 Å². The molecule has 0 spiro atoms. The lowest BCUT2D eigenvalue weighted by Crippen LogP contribution is -2.44. The van der Waals surface area contributed by atoms with Crippen LogP contribution in [0.25, 0.3) is 33.6 Å². The predicted octanol–water partition coefficient (Wildman–Crippen LogP) is 10.8. The molecule has 4 amide bonds. The van der Waals surface area contributed by atoms with Crippen molar-refractivity contribution in [3.63, 3.8) is 0 Å². The Labute approximate surface area is 391 Å². The van der Waals surface area contributed by atoms with Gasteiger partial charge in [0.2, 0.25) is 5.91 Å². The van der Waals surface area contributed by atoms with E-state index in [0.29, 0.717) is 30.0 Å². The number of carbonyl (C=O) groups is 4. The van der Waals surface area contributed by atoms with E-state index in [1.165, 1.54) is 0 Å². The Morgan fingerprint density at radius 2 is 1.29 bits per heavy atom. The summed E-state index contributed by atoms with van der Waals surface area (Å²) in [6.45, 7) is 14.0. The van der Waals surface area contributed by atoms with Crippen molar-refractivity contribution in [2.24, 2.45) is 0 Å². The van der Waals surface area contributed by atoms with Gasteiger partial charge in [-0.15, -0.1) is 11.3 Å². The first-order valence-electron chi connectivity index (χ1n) is 22.4. The summed E-state index contributed by atoms with van der Waals surface area (Å²) in [6, 6.07) is 32.9. The Bertz CT molecular complexity index is 2580. The Kier molecular flexibility index (Phi) is 14.7. The summed E-state index contributed by atoms with van der Waals surface area (Å²) in [5.74, 6) is 0.177. The number of likely N-dealkylation sites (tertiary alicyclic amines) is 1. The number of nitrogens with one attached hydrogen (secondary N) is 3. The molecule has 66 heavy (non-hydrogen) atoms. The van der Waals surface area contributed by atoms with Crippen LogP contribution in [0, 0.1) is 0 Å². The van der Waals surface area contributed by atoms with E-state index < -0.39 is 35.5 Å². The van der Waals surface area contributed by atoms with Crippen molar-refractivity contribution < 1.29 is 28.7 Å². The molecule has 0 radical (unpaired) electrons. The lowest BCUT2D eigenvalue weighted by molar-refractivity contribution is -0.135. The van der Waals surface area contributed by atoms with Crippen molar-refractivity contribution in [3.05, 3.63) is 143 Å². The number of amides is 4. The number of carbonyl (C=O) groups excluding carboxylic acids is 4. The van der Waals surface area contributed by atoms with E-state index in [0.717, 1.165) is 57.9 Å². The molecule has 4 aromatic carbocycles. The highest BCUT2D eigenvalue weighted by molar-refractivity contribution is 7.10. The number of alkyl carbamates (subject to hydrolysis) is 2. The SMILES string of the molecule is CCCN(Cc1ncc(-c2ccc(-c3ccc(-c4csc([C@@H]5CCCN5C(=O)[C@H](NC(=O)OC(C)(C)C)c5ccccc5)n4)cc3)cc2)[nH]1)C(=O)[C@H](NC(=O)OC(C)(C)C)c1ccccc1. The fourth-order valence-corrected chi connectivity index (χ4v) is 8.88. The van der Waals surface area contributed by atoms with Gasteiger partial charge in [-0.25, -0.2) is 19.6 Å². The fraction of sp³-hybridized carbons (Fsp3) is 0.346. The molecule has 1 fully saturated rings. The summed E-state index contributed by atoms with van der Waals surface area (Å²) in [5.41, 5.74) is 5.59. The van der Waals surface area contributed by atoms with Crippen LogP contribution in [-0.4, -0.2) is 73.0 Å². The second kappa shape index (κ2) is 20.6. The normalized spacial score (nSPS) is 14.8. The fourth-order valence-electron chi connectivity index (χ4n) is 7.91. The summed E-state index contributed by atoms with van der Waals surface area (Å²) in [5, 5.41) is 8.52. The number of rotatable bonds is 14. The largest absolute Gasteiger partial charge is 0.444 e. The Hall–Kier alpha value is -6.80. The predicted molar refractivity (Wildman–Crippen MR) is 257 cm³/mol. The molecule has 2 aromatic heterocycles. The molecule has 1 aliphatic heterocycles. The minimum atomic E-state index is -0.932. The zero-order valence-corrected chi connectivity index (χ0v) is 39.5. The molecule has 0 saturated carbocycles. The maximum absolute atomic E-state index is 14.2. The number of thiazole rings is 1. The summed E-state index contributed by atoms with van der Waals surface area (Å²) in [6.07, 6.45) is 2.79. The Morgan fingerprint density at radius 3 is 1.85 bits per heavy atom. The highest BCUT2D eigenvalue weighted by Gasteiger charge is 2.38. The molecule has 3 atom stereocenters. The van der Waals surface area contributed by atoms with Crippen LogP contribution < -0.4 is 10.6 Å². The Balaban J connectivity index is 1.00. The van der Waals surface area contributed by atoms with Crippen molar-refractivity contribution in [3.8, 4) is 33.6 Å². The minimum Gasteiger partial charge on any atom is -0.444 e. The van der Waals surface area contributed by atoms with Crippen molar-refractivity contribution in [1.82, 2.24) is 35.4 Å². The van der Waals surface area contributed by atoms with Gasteiger partial charge in [0, 0.05) is 24.0 Å². The number of H-pyrrole nitrogens is 1. The monoisotopic (exact) mass is 909 g/mol. The van der Waals surface area contributed by atoms with Gasteiger partial charge in [0.05, 0.1) is 30.2 Å². The summed E-state index contributed by atoms with van der Waals surface area (Å²) < 4.78 is 11.0. The smallest absolute Gasteiger partial charge is 0.408 e. The van der Waals surface area contributed by atoms with E-state index >= 15 is 0 Å². The van der Waals surface area contributed by atoms with Crippen LogP contribution >= 0.6 is 11.3 Å². The number of aromatic amines is 1. The lowest BCUT2D eigenvalue weighted by Gasteiger charge is -2.29. The van der Waals surface area contributed by atoms with Crippen LogP contribution in [0.1, 0.15) is 108 Å². The second-order valence-electron chi connectivity index (χ2n) is 18.4. The van der Waals surface area contributed by atoms with E-state index in [1.807, 2.05) is 90.0 Å². The van der Waals surface area contributed by atoms with Crippen LogP contribution in [0.2, 0.25) is 0 Å². The molecule has 1 aliphatic rings. The first kappa shape index (κ1) is 47.2. The molecule has 6 aromatic rings. The van der Waals surface area contributed by atoms with E-state index in [2.05, 4.69) is 57.0 Å². The van der Waals surface area contributed by atoms with Crippen molar-refractivity contribution in [2.45, 2.75) is 104 Å². The number of imidazole rings is 1. The van der Waals surface area contributed by atoms with Crippen LogP contribution in [-0.2, 0) is 25.6 Å². The third-order valence-corrected chi connectivity index (χ3v) is 11.9. The van der Waals surface area contributed by atoms with Crippen LogP contribution in [0.15, 0.2) is 121 Å². The van der Waals surface area contributed by atoms with Gasteiger partial charge in [-0.3, -0.25) is 9.59 Å². The van der Waals surface area contributed by atoms with Crippen LogP contribution in [0.3, 0.4) is 0 Å². The molecular weight excluding hydrogens is 851 g/mol. The molecular formula is C52H59N7O6S. The summed E-state index contributed by atoms with van der Waals surface area (Å²) in [4.78, 5) is 70.6. The highest BCUT2D eigenvalue weighted by atomic mass is 32.1. The zero-order valence-electron chi connectivity index (χ0n) is 38.7. The molecule has 0 aliphatic carbocycles. The molecule has 0 unspecified atom stereocenters. The number of benzene rings is 4. The van der Waals surface area contributed by atoms with Gasteiger partial charge in [-0.05, 0) is 88.6 Å². The molecule has 13 nitrogen and oxygen atoms in total. The van der Waals surface area contributed by atoms with Gasteiger partial charge in [0.1, 0.15) is 34.1 Å². The second-order valence-corrected chi connectivity index (χ2v) is 19.3. The van der Waals surface area contributed by atoms with Gasteiger partial charge < -0.3 is 34.9 Å². The maximum Gasteiger partial charge on any atom is 0.408 e. The van der Waals surface area contributed by atoms with E-state index in [9.17, 15) is 19.2 Å². The number of aromatic nitrogens is 3. The number of hydrogen-bond acceptors (Lipinski definition) is 9. The highest BCUT2D eigenvalue weighted by Crippen LogP contribution is 2.38. The van der Waals surface area contributed by atoms with Crippen molar-refractivity contribution >= 4 is 35.3 Å². The molecule has 3 N–H and O–H groups in total. The zero-order chi connectivity index (χ0) is 47.0. The minimum absolute atomic E-state index is 0.191. The molecule has 0 bridgehead atoms. The van der Waals surface area contributed by atoms with Gasteiger partial charge in [-0.1, -0.05) is 116 Å². The van der Waals surface area contributed by atoms with E-state index in [1.54, 1.807) is 64.0 Å². The van der Waals surface area contributed by atoms with Crippen molar-refractivity contribution in [2.75, 3.05) is 13.1 Å². The maximum atomic E-state index is 14.2. The van der Waals surface area contributed by atoms with Crippen LogP contribution in [0.5, 0.6) is 0 Å². The molecule has 3 heterocycles. The molecule has 7 rings (SSSR count). The molecule has 14 heteroatoms. The molecule has 1 saturated heterocycles. The van der Waals surface area contributed by atoms with Gasteiger partial charge in [0.25, 0.3) is 5.91 Å². The van der Waals surface area contributed by atoms with E-state index in [-0.39, 0.29) is 24.4 Å². The summed E-state index contributed by atoms with van der Waals surface area (Å²) in [7, 11) is 0. The molecule has 344 valence electrons. The number of ether oxygens (including phenoxy) is 2. The quantitative estimate of drug-likeness (QED) is 0.0974. The van der Waals surface area contributed by atoms with Crippen molar-refractivity contribution in [1.29, 1.82) is 0 Å². The average Bonchev–Trinajstić information content (AvgIpc) is 4.09. The summed E-state index contributed by atoms with van der Waals surface area (Å²) >= 11 is 1.54.